The van der Waals surface area contributed by atoms with E-state index in [0.29, 0.717) is 12.8 Å². The highest BCUT2D eigenvalue weighted by Crippen LogP contribution is 2.53. The molecule has 2 N–H and O–H groups in total. The van der Waals surface area contributed by atoms with E-state index in [2.05, 4.69) is 142 Å². The normalized spacial score (nSPS) is 36.3. The molecular weight excluding hydrogens is 544 g/mol. The lowest BCUT2D eigenvalue weighted by atomic mass is 9.65. The molecule has 2 heterocycles. The summed E-state index contributed by atoms with van der Waals surface area (Å²) in [6, 6.07) is 0. The number of aliphatic hydroxyl groups excluding tert-OH is 2. The lowest BCUT2D eigenvalue weighted by molar-refractivity contribution is -0.0688. The molecule has 0 aromatic heterocycles. The number of hydrogen-bond donors (Lipinski definition) is 2. The number of hydrogen-bond acceptors (Lipinski definition) is 4. The van der Waals surface area contributed by atoms with E-state index in [0.717, 1.165) is 24.0 Å². The second-order valence-corrected chi connectivity index (χ2v) is 15.3. The zero-order valence-corrected chi connectivity index (χ0v) is 28.8. The molecule has 2 saturated carbocycles. The average molecular weight is 601 g/mol. The van der Waals surface area contributed by atoms with Crippen molar-refractivity contribution in [3.05, 3.63) is 106 Å². The minimum absolute atomic E-state index is 0.0509. The highest BCUT2D eigenvalue weighted by Gasteiger charge is 2.51. The largest absolute Gasteiger partial charge is 0.393 e. The predicted molar refractivity (Wildman–Crippen MR) is 183 cm³/mol. The van der Waals surface area contributed by atoms with Crippen LogP contribution in [0.5, 0.6) is 0 Å². The molecule has 0 amide bonds. The molecule has 0 aromatic carbocycles. The van der Waals surface area contributed by atoms with Gasteiger partial charge in [0.1, 0.15) is 0 Å². The summed E-state index contributed by atoms with van der Waals surface area (Å²) in [6.07, 6.45) is 27.7. The van der Waals surface area contributed by atoms with Gasteiger partial charge in [0.05, 0.1) is 35.6 Å². The van der Waals surface area contributed by atoms with Gasteiger partial charge < -0.3 is 19.7 Å². The van der Waals surface area contributed by atoms with Crippen molar-refractivity contribution in [2.75, 3.05) is 0 Å². The molecule has 0 radical (unpaired) electrons. The van der Waals surface area contributed by atoms with Crippen LogP contribution in [0.4, 0.5) is 0 Å². The van der Waals surface area contributed by atoms with E-state index in [1.54, 1.807) is 0 Å². The zero-order valence-electron chi connectivity index (χ0n) is 28.8. The molecule has 2 fully saturated rings. The molecular formula is C40H56O4. The summed E-state index contributed by atoms with van der Waals surface area (Å²) in [5.74, 6) is 0. The fourth-order valence-electron chi connectivity index (χ4n) is 7.92. The molecule has 4 rings (SSSR count). The standard InChI is InChI=1S/C40H56O4/c1-27(17-13-19-29(3)33-21-35-37(5,6)23-31(41)25-39(35,9)43-33)15-11-12-16-28(2)18-14-20-30(4)34-22-36-38(7,8)24-32(42)26-40(36,10)44-34/h11-22,31-34,41-42H,23-26H2,1-10H3/b12-11+,17-13+,18-14+,27-15+,28-16+,29-19+,30-20+/t31-,32-,33-,34+,39-,40+/m0/s1. The maximum absolute atomic E-state index is 10.4. The van der Waals surface area contributed by atoms with Crippen LogP contribution in [-0.2, 0) is 9.47 Å². The number of ether oxygens (including phenoxy) is 2. The van der Waals surface area contributed by atoms with Crippen LogP contribution in [0.25, 0.3) is 0 Å². The van der Waals surface area contributed by atoms with E-state index >= 15 is 0 Å². The topological polar surface area (TPSA) is 58.9 Å². The van der Waals surface area contributed by atoms with Crippen LogP contribution in [0, 0.1) is 10.8 Å². The summed E-state index contributed by atoms with van der Waals surface area (Å²) in [7, 11) is 0. The Balaban J connectivity index is 1.29. The molecule has 2 aliphatic carbocycles. The smallest absolute Gasteiger partial charge is 0.0982 e. The van der Waals surface area contributed by atoms with E-state index < -0.39 is 0 Å². The summed E-state index contributed by atoms with van der Waals surface area (Å²) in [5.41, 5.74) is 6.43. The van der Waals surface area contributed by atoms with Crippen LogP contribution >= 0.6 is 0 Å². The monoisotopic (exact) mass is 600 g/mol. The Morgan fingerprint density at radius 1 is 0.591 bits per heavy atom. The van der Waals surface area contributed by atoms with Crippen LogP contribution in [0.1, 0.15) is 94.9 Å². The molecule has 4 nitrogen and oxygen atoms in total. The maximum atomic E-state index is 10.4. The quantitative estimate of drug-likeness (QED) is 0.216. The molecule has 0 unspecified atom stereocenters. The van der Waals surface area contributed by atoms with Gasteiger partial charge in [0.15, 0.2) is 0 Å². The highest BCUT2D eigenvalue weighted by molar-refractivity contribution is 5.39. The third kappa shape index (κ3) is 7.83. The third-order valence-electron chi connectivity index (χ3n) is 9.91. The Morgan fingerprint density at radius 3 is 1.32 bits per heavy atom. The van der Waals surface area contributed by atoms with E-state index in [-0.39, 0.29) is 46.4 Å². The second kappa shape index (κ2) is 13.1. The first-order chi connectivity index (χ1) is 20.4. The Kier molecular flexibility index (Phi) is 10.2. The molecule has 6 atom stereocenters. The summed E-state index contributed by atoms with van der Waals surface area (Å²) in [4.78, 5) is 0. The van der Waals surface area contributed by atoms with Gasteiger partial charge in [0.25, 0.3) is 0 Å². The van der Waals surface area contributed by atoms with Crippen LogP contribution in [0.15, 0.2) is 106 Å². The summed E-state index contributed by atoms with van der Waals surface area (Å²) in [6.45, 7) is 21.5. The molecule has 4 heteroatoms. The molecule has 240 valence electrons. The van der Waals surface area contributed by atoms with Gasteiger partial charge in [0.2, 0.25) is 0 Å². The number of fused-ring (bicyclic) bond motifs is 2. The van der Waals surface area contributed by atoms with E-state index in [1.165, 1.54) is 22.3 Å². The minimum Gasteiger partial charge on any atom is -0.393 e. The summed E-state index contributed by atoms with van der Waals surface area (Å²) >= 11 is 0. The molecule has 0 spiro atoms. The first-order valence-electron chi connectivity index (χ1n) is 16.3. The van der Waals surface area contributed by atoms with Crippen LogP contribution in [-0.4, -0.2) is 45.8 Å². The number of rotatable bonds is 8. The van der Waals surface area contributed by atoms with E-state index in [9.17, 15) is 10.2 Å². The fourth-order valence-corrected chi connectivity index (χ4v) is 7.92. The SMILES string of the molecule is CC(/C=C/C=C(\C)[C@@H]1C=C2C(C)(C)C[C@H](O)C[C@]2(C)O1)=C\C=C\C=C(C)\C=C\C=C(/C)[C@H]1C=C2C(C)(C)C[C@H](O)C[C@@]2(C)O1. The van der Waals surface area contributed by atoms with Crippen LogP contribution in [0.2, 0.25) is 0 Å². The van der Waals surface area contributed by atoms with Crippen molar-refractivity contribution in [1.29, 1.82) is 0 Å². The van der Waals surface area contributed by atoms with Crippen molar-refractivity contribution in [3.63, 3.8) is 0 Å². The minimum atomic E-state index is -0.386. The van der Waals surface area contributed by atoms with Crippen molar-refractivity contribution in [1.82, 2.24) is 0 Å². The molecule has 44 heavy (non-hydrogen) atoms. The predicted octanol–water partition coefficient (Wildman–Crippen LogP) is 8.97. The van der Waals surface area contributed by atoms with Crippen LogP contribution in [0.3, 0.4) is 0 Å². The summed E-state index contributed by atoms with van der Waals surface area (Å²) in [5, 5.41) is 20.8. The number of allylic oxidation sites excluding steroid dienone is 12. The molecule has 0 bridgehead atoms. The fraction of sp³-hybridized carbons (Fsp3) is 0.550. The Bertz CT molecular complexity index is 1270. The first-order valence-corrected chi connectivity index (χ1v) is 16.3. The van der Waals surface area contributed by atoms with Crippen LogP contribution < -0.4 is 0 Å². The van der Waals surface area contributed by atoms with Crippen molar-refractivity contribution in [2.24, 2.45) is 10.8 Å². The van der Waals surface area contributed by atoms with Gasteiger partial charge in [-0.15, -0.1) is 0 Å². The Hall–Kier alpha value is -2.50. The first kappa shape index (κ1) is 34.4. The lowest BCUT2D eigenvalue weighted by Crippen LogP contribution is -2.45. The van der Waals surface area contributed by atoms with Crippen molar-refractivity contribution >= 4 is 0 Å². The van der Waals surface area contributed by atoms with Crippen molar-refractivity contribution in [2.45, 2.75) is 131 Å². The Morgan fingerprint density at radius 2 is 0.955 bits per heavy atom. The van der Waals surface area contributed by atoms with Gasteiger partial charge in [-0.3, -0.25) is 0 Å². The third-order valence-corrected chi connectivity index (χ3v) is 9.91. The second-order valence-electron chi connectivity index (χ2n) is 15.3. The van der Waals surface area contributed by atoms with Crippen molar-refractivity contribution in [3.8, 4) is 0 Å². The van der Waals surface area contributed by atoms with Gasteiger partial charge in [-0.2, -0.15) is 0 Å². The maximum Gasteiger partial charge on any atom is 0.0982 e. The van der Waals surface area contributed by atoms with Gasteiger partial charge in [-0.25, -0.2) is 0 Å². The van der Waals surface area contributed by atoms with Gasteiger partial charge in [-0.05, 0) is 99.7 Å². The average Bonchev–Trinajstić information content (AvgIpc) is 3.43. The molecule has 0 saturated heterocycles. The van der Waals surface area contributed by atoms with Crippen molar-refractivity contribution < 1.29 is 19.7 Å². The lowest BCUT2D eigenvalue weighted by Gasteiger charge is -2.44. The highest BCUT2D eigenvalue weighted by atomic mass is 16.5. The molecule has 0 aromatic rings. The van der Waals surface area contributed by atoms with Gasteiger partial charge in [-0.1, -0.05) is 99.6 Å². The van der Waals surface area contributed by atoms with E-state index in [4.69, 9.17) is 9.47 Å². The van der Waals surface area contributed by atoms with Gasteiger partial charge in [0, 0.05) is 12.8 Å². The molecule has 4 aliphatic rings. The van der Waals surface area contributed by atoms with Gasteiger partial charge >= 0.3 is 0 Å². The number of aliphatic hydroxyl groups is 2. The summed E-state index contributed by atoms with van der Waals surface area (Å²) < 4.78 is 12.9. The molecule has 2 aliphatic heterocycles. The Labute approximate surface area is 267 Å². The van der Waals surface area contributed by atoms with E-state index in [1.807, 2.05) is 0 Å². The zero-order chi connectivity index (χ0) is 32.5.